The molecule has 1 aromatic carbocycles. The minimum Gasteiger partial charge on any atom is -0.349 e. The average molecular weight is 253 g/mol. The van der Waals surface area contributed by atoms with Crippen LogP contribution in [0, 0.1) is 17.6 Å². The molecule has 1 aliphatic rings. The van der Waals surface area contributed by atoms with Crippen molar-refractivity contribution < 1.29 is 13.6 Å². The molecule has 1 aromatic rings. The fourth-order valence-electron chi connectivity index (χ4n) is 2.49. The first-order chi connectivity index (χ1) is 8.59. The van der Waals surface area contributed by atoms with Crippen molar-refractivity contribution in [3.63, 3.8) is 0 Å². The van der Waals surface area contributed by atoms with E-state index in [-0.39, 0.29) is 6.04 Å². The second-order valence-electron chi connectivity index (χ2n) is 4.94. The minimum atomic E-state index is -0.809. The number of carbonyl (C=O) groups excluding carboxylic acids is 1. The molecular weight excluding hydrogens is 236 g/mol. The highest BCUT2D eigenvalue weighted by atomic mass is 19.1. The molecule has 1 N–H and O–H groups in total. The van der Waals surface area contributed by atoms with Gasteiger partial charge < -0.3 is 5.32 Å². The second-order valence-corrected chi connectivity index (χ2v) is 4.94. The van der Waals surface area contributed by atoms with Crippen LogP contribution in [0.1, 0.15) is 43.0 Å². The summed E-state index contributed by atoms with van der Waals surface area (Å²) in [6.45, 7) is 2.06. The van der Waals surface area contributed by atoms with Crippen LogP contribution in [0.15, 0.2) is 18.2 Å². The Balaban J connectivity index is 2.12. The molecule has 0 aromatic heterocycles. The molecule has 0 bridgehead atoms. The summed E-state index contributed by atoms with van der Waals surface area (Å²) in [5, 5.41) is 2.75. The first-order valence-electron chi connectivity index (χ1n) is 6.34. The highest BCUT2D eigenvalue weighted by Crippen LogP contribution is 2.24. The Kier molecular flexibility index (Phi) is 3.94. The molecule has 98 valence electrons. The number of nitrogens with one attached hydrogen (secondary N) is 1. The fraction of sp³-hybridized carbons (Fsp3) is 0.500. The van der Waals surface area contributed by atoms with E-state index in [2.05, 4.69) is 12.2 Å². The first kappa shape index (κ1) is 13.0. The minimum absolute atomic E-state index is 0.0188. The molecule has 0 heterocycles. The molecule has 2 unspecified atom stereocenters. The van der Waals surface area contributed by atoms with Gasteiger partial charge in [0.05, 0.1) is 0 Å². The highest BCUT2D eigenvalue weighted by Gasteiger charge is 2.25. The Labute approximate surface area is 105 Å². The lowest BCUT2D eigenvalue weighted by molar-refractivity contribution is 0.0901. The van der Waals surface area contributed by atoms with Crippen LogP contribution in [-0.2, 0) is 0 Å². The van der Waals surface area contributed by atoms with E-state index >= 15 is 0 Å². The summed E-state index contributed by atoms with van der Waals surface area (Å²) in [6.07, 6.45) is 4.13. The molecule has 4 heteroatoms. The number of benzene rings is 1. The van der Waals surface area contributed by atoms with E-state index < -0.39 is 23.1 Å². The van der Waals surface area contributed by atoms with Crippen LogP contribution in [-0.4, -0.2) is 11.9 Å². The molecule has 1 saturated carbocycles. The molecule has 0 aliphatic heterocycles. The van der Waals surface area contributed by atoms with Crippen molar-refractivity contribution in [1.29, 1.82) is 0 Å². The van der Waals surface area contributed by atoms with Gasteiger partial charge in [-0.05, 0) is 30.9 Å². The maximum absolute atomic E-state index is 13.5. The summed E-state index contributed by atoms with van der Waals surface area (Å²) < 4.78 is 26.9. The van der Waals surface area contributed by atoms with Crippen molar-refractivity contribution in [2.45, 2.75) is 38.6 Å². The monoisotopic (exact) mass is 253 g/mol. The number of hydrogen-bond donors (Lipinski definition) is 1. The lowest BCUT2D eigenvalue weighted by atomic mass is 9.86. The normalized spacial score (nSPS) is 23.7. The molecule has 1 fully saturated rings. The second kappa shape index (κ2) is 5.46. The van der Waals surface area contributed by atoms with E-state index in [9.17, 15) is 13.6 Å². The van der Waals surface area contributed by atoms with Crippen molar-refractivity contribution >= 4 is 5.91 Å². The van der Waals surface area contributed by atoms with Crippen molar-refractivity contribution in [1.82, 2.24) is 5.32 Å². The molecule has 2 rings (SSSR count). The molecule has 1 aliphatic carbocycles. The van der Waals surface area contributed by atoms with Crippen molar-refractivity contribution in [3.8, 4) is 0 Å². The zero-order chi connectivity index (χ0) is 13.1. The van der Waals surface area contributed by atoms with Gasteiger partial charge >= 0.3 is 0 Å². The van der Waals surface area contributed by atoms with Gasteiger partial charge in [-0.1, -0.05) is 25.8 Å². The van der Waals surface area contributed by atoms with Crippen molar-refractivity contribution in [3.05, 3.63) is 35.4 Å². The topological polar surface area (TPSA) is 29.1 Å². The van der Waals surface area contributed by atoms with Gasteiger partial charge in [-0.15, -0.1) is 0 Å². The van der Waals surface area contributed by atoms with Gasteiger partial charge in [-0.3, -0.25) is 4.79 Å². The van der Waals surface area contributed by atoms with Crippen LogP contribution < -0.4 is 5.32 Å². The number of hydrogen-bond acceptors (Lipinski definition) is 1. The van der Waals surface area contributed by atoms with Gasteiger partial charge in [0.1, 0.15) is 17.2 Å². The Bertz CT molecular complexity index is 427. The van der Waals surface area contributed by atoms with Crippen LogP contribution in [0.25, 0.3) is 0 Å². The SMILES string of the molecule is CC1CCCCC1NC(=O)c1c(F)cccc1F. The molecule has 2 nitrogen and oxygen atoms in total. The summed E-state index contributed by atoms with van der Waals surface area (Å²) in [6, 6.07) is 3.47. The van der Waals surface area contributed by atoms with Gasteiger partial charge in [0.25, 0.3) is 5.91 Å². The van der Waals surface area contributed by atoms with E-state index in [1.807, 2.05) is 0 Å². The molecule has 1 amide bonds. The highest BCUT2D eigenvalue weighted by molar-refractivity contribution is 5.94. The third-order valence-corrected chi connectivity index (χ3v) is 3.62. The average Bonchev–Trinajstić information content (AvgIpc) is 2.32. The molecule has 0 spiro atoms. The van der Waals surface area contributed by atoms with Crippen molar-refractivity contribution in [2.24, 2.45) is 5.92 Å². The number of rotatable bonds is 2. The molecule has 0 saturated heterocycles. The fourth-order valence-corrected chi connectivity index (χ4v) is 2.49. The Morgan fingerprint density at radius 2 is 1.83 bits per heavy atom. The summed E-state index contributed by atoms with van der Waals surface area (Å²) in [5.74, 6) is -1.91. The molecule has 18 heavy (non-hydrogen) atoms. The zero-order valence-electron chi connectivity index (χ0n) is 10.4. The predicted molar refractivity (Wildman–Crippen MR) is 65.2 cm³/mol. The maximum Gasteiger partial charge on any atom is 0.257 e. The van der Waals surface area contributed by atoms with Crippen LogP contribution in [0.4, 0.5) is 8.78 Å². The van der Waals surface area contributed by atoms with Gasteiger partial charge in [-0.2, -0.15) is 0 Å². The van der Waals surface area contributed by atoms with E-state index in [4.69, 9.17) is 0 Å². The zero-order valence-corrected chi connectivity index (χ0v) is 10.4. The number of carbonyl (C=O) groups is 1. The van der Waals surface area contributed by atoms with Gasteiger partial charge in [0.2, 0.25) is 0 Å². The maximum atomic E-state index is 13.5. The van der Waals surface area contributed by atoms with E-state index in [0.29, 0.717) is 5.92 Å². The smallest absolute Gasteiger partial charge is 0.257 e. The Morgan fingerprint density at radius 3 is 2.44 bits per heavy atom. The Morgan fingerprint density at radius 1 is 1.22 bits per heavy atom. The van der Waals surface area contributed by atoms with Crippen LogP contribution in [0.5, 0.6) is 0 Å². The standard InChI is InChI=1S/C14H17F2NO/c1-9-5-2-3-8-12(9)17-14(18)13-10(15)6-4-7-11(13)16/h4,6-7,9,12H,2-3,5,8H2,1H3,(H,17,18). The van der Waals surface area contributed by atoms with Crippen LogP contribution in [0.3, 0.4) is 0 Å². The lowest BCUT2D eigenvalue weighted by Crippen LogP contribution is -2.41. The summed E-state index contributed by atoms with van der Waals surface area (Å²) in [4.78, 5) is 11.9. The van der Waals surface area contributed by atoms with Gasteiger partial charge in [-0.25, -0.2) is 8.78 Å². The predicted octanol–water partition coefficient (Wildman–Crippen LogP) is 3.27. The summed E-state index contributed by atoms with van der Waals surface area (Å²) in [5.41, 5.74) is -0.477. The molecular formula is C14H17F2NO. The summed E-state index contributed by atoms with van der Waals surface area (Å²) in [7, 11) is 0. The first-order valence-corrected chi connectivity index (χ1v) is 6.34. The van der Waals surface area contributed by atoms with Gasteiger partial charge in [0.15, 0.2) is 0 Å². The Hall–Kier alpha value is -1.45. The third kappa shape index (κ3) is 2.68. The van der Waals surface area contributed by atoms with E-state index in [1.165, 1.54) is 6.07 Å². The van der Waals surface area contributed by atoms with E-state index in [1.54, 1.807) is 0 Å². The van der Waals surface area contributed by atoms with Crippen LogP contribution in [0.2, 0.25) is 0 Å². The lowest BCUT2D eigenvalue weighted by Gasteiger charge is -2.29. The number of halogens is 2. The molecule has 2 atom stereocenters. The van der Waals surface area contributed by atoms with Crippen molar-refractivity contribution in [2.75, 3.05) is 0 Å². The quantitative estimate of drug-likeness (QED) is 0.861. The van der Waals surface area contributed by atoms with Crippen LogP contribution >= 0.6 is 0 Å². The molecule has 0 radical (unpaired) electrons. The third-order valence-electron chi connectivity index (χ3n) is 3.62. The van der Waals surface area contributed by atoms with Gasteiger partial charge in [0, 0.05) is 6.04 Å². The number of amides is 1. The summed E-state index contributed by atoms with van der Waals surface area (Å²) >= 11 is 0. The largest absolute Gasteiger partial charge is 0.349 e. The van der Waals surface area contributed by atoms with E-state index in [0.717, 1.165) is 37.8 Å².